The molecule has 0 aliphatic heterocycles. The van der Waals surface area contributed by atoms with E-state index in [0.717, 1.165) is 12.8 Å². The molecule has 1 aromatic rings. The number of carbonyl (C=O) groups excluding carboxylic acids is 2. The molecule has 5 nitrogen and oxygen atoms in total. The second kappa shape index (κ2) is 6.26. The molecule has 0 radical (unpaired) electrons. The summed E-state index contributed by atoms with van der Waals surface area (Å²) in [6.45, 7) is 5.62. The Morgan fingerprint density at radius 3 is 2.52 bits per heavy atom. The number of carbonyl (C=O) groups is 2. The van der Waals surface area contributed by atoms with Gasteiger partial charge in [0.2, 0.25) is 5.91 Å². The predicted octanol–water partition coefficient (Wildman–Crippen LogP) is 2.33. The van der Waals surface area contributed by atoms with Gasteiger partial charge in [0, 0.05) is 6.04 Å². The van der Waals surface area contributed by atoms with E-state index in [1.54, 1.807) is 24.3 Å². The molecule has 0 aromatic heterocycles. The maximum Gasteiger partial charge on any atom is 0.253 e. The minimum Gasteiger partial charge on any atom is -0.366 e. The first kappa shape index (κ1) is 15.5. The van der Waals surface area contributed by atoms with Gasteiger partial charge in [-0.05, 0) is 45.7 Å². The van der Waals surface area contributed by atoms with Gasteiger partial charge in [-0.25, -0.2) is 0 Å². The van der Waals surface area contributed by atoms with Crippen LogP contribution in [0.15, 0.2) is 24.3 Å². The van der Waals surface area contributed by atoms with Gasteiger partial charge >= 0.3 is 0 Å². The fraction of sp³-hybridized carbons (Fsp3) is 0.500. The number of hydrogen-bond donors (Lipinski definition) is 2. The zero-order valence-electron chi connectivity index (χ0n) is 12.7. The highest BCUT2D eigenvalue weighted by atomic mass is 16.5. The number of benzene rings is 1. The zero-order chi connectivity index (χ0) is 15.5. The van der Waals surface area contributed by atoms with Crippen LogP contribution in [0.2, 0.25) is 0 Å². The summed E-state index contributed by atoms with van der Waals surface area (Å²) in [5.41, 5.74) is 0.617. The Morgan fingerprint density at radius 2 is 1.90 bits per heavy atom. The molecule has 2 amide bonds. The van der Waals surface area contributed by atoms with Crippen LogP contribution in [-0.4, -0.2) is 30.1 Å². The molecule has 2 rings (SSSR count). The van der Waals surface area contributed by atoms with Crippen molar-refractivity contribution in [3.63, 3.8) is 0 Å². The molecule has 1 fully saturated rings. The van der Waals surface area contributed by atoms with Gasteiger partial charge in [0.15, 0.2) is 0 Å². The van der Waals surface area contributed by atoms with Crippen molar-refractivity contribution in [3.05, 3.63) is 29.8 Å². The van der Waals surface area contributed by atoms with Crippen LogP contribution in [0.25, 0.3) is 0 Å². The normalized spacial score (nSPS) is 14.6. The molecule has 0 bridgehead atoms. The molecule has 0 unspecified atom stereocenters. The van der Waals surface area contributed by atoms with Crippen molar-refractivity contribution in [1.29, 1.82) is 0 Å². The lowest BCUT2D eigenvalue weighted by molar-refractivity contribution is -0.125. The smallest absolute Gasteiger partial charge is 0.253 e. The number of amides is 2. The van der Waals surface area contributed by atoms with E-state index in [4.69, 9.17) is 4.74 Å². The van der Waals surface area contributed by atoms with E-state index >= 15 is 0 Å². The molecule has 114 valence electrons. The van der Waals surface area contributed by atoms with Gasteiger partial charge in [-0.1, -0.05) is 12.1 Å². The first-order chi connectivity index (χ1) is 9.85. The lowest BCUT2D eigenvalue weighted by atomic mass is 10.1. The fourth-order valence-electron chi connectivity index (χ4n) is 1.75. The first-order valence-electron chi connectivity index (χ1n) is 7.19. The Bertz CT molecular complexity index is 531. The minimum absolute atomic E-state index is 0.0396. The Labute approximate surface area is 125 Å². The summed E-state index contributed by atoms with van der Waals surface area (Å²) >= 11 is 0. The molecule has 2 N–H and O–H groups in total. The summed E-state index contributed by atoms with van der Waals surface area (Å²) in [6.07, 6.45) is 2.05. The van der Waals surface area contributed by atoms with Crippen molar-refractivity contribution in [2.45, 2.75) is 45.3 Å². The third kappa shape index (κ3) is 5.19. The van der Waals surface area contributed by atoms with Crippen molar-refractivity contribution in [2.24, 2.45) is 0 Å². The van der Waals surface area contributed by atoms with E-state index in [-0.39, 0.29) is 30.1 Å². The molecule has 0 heterocycles. The summed E-state index contributed by atoms with van der Waals surface area (Å²) in [6, 6.07) is 7.27. The van der Waals surface area contributed by atoms with E-state index < -0.39 is 0 Å². The maximum atomic E-state index is 12.1. The number of hydrogen-bond acceptors (Lipinski definition) is 3. The number of anilines is 1. The Hall–Kier alpha value is -1.88. The summed E-state index contributed by atoms with van der Waals surface area (Å²) in [5, 5.41) is 5.65. The third-order valence-corrected chi connectivity index (χ3v) is 2.99. The standard InChI is InChI=1S/C16H22N2O3/c1-16(2,3)21-10-14(19)18-13-7-5-4-6-12(13)15(20)17-11-8-9-11/h4-7,11H,8-10H2,1-3H3,(H,17,20)(H,18,19). The van der Waals surface area contributed by atoms with Crippen LogP contribution in [-0.2, 0) is 9.53 Å². The van der Waals surface area contributed by atoms with Crippen LogP contribution >= 0.6 is 0 Å². The van der Waals surface area contributed by atoms with Crippen molar-refractivity contribution >= 4 is 17.5 Å². The molecule has 1 aromatic carbocycles. The highest BCUT2D eigenvalue weighted by Gasteiger charge is 2.25. The van der Waals surface area contributed by atoms with E-state index in [1.165, 1.54) is 0 Å². The zero-order valence-corrected chi connectivity index (χ0v) is 12.7. The molecule has 1 aliphatic rings. The van der Waals surface area contributed by atoms with Crippen LogP contribution in [0.1, 0.15) is 44.0 Å². The molecule has 1 saturated carbocycles. The maximum absolute atomic E-state index is 12.1. The number of para-hydroxylation sites is 1. The van der Waals surface area contributed by atoms with E-state index in [2.05, 4.69) is 10.6 Å². The van der Waals surface area contributed by atoms with Gasteiger partial charge in [0.25, 0.3) is 5.91 Å². The average Bonchev–Trinajstić information content (AvgIpc) is 3.20. The minimum atomic E-state index is -0.375. The Kier molecular flexibility index (Phi) is 4.63. The Morgan fingerprint density at radius 1 is 1.24 bits per heavy atom. The predicted molar refractivity (Wildman–Crippen MR) is 81.3 cm³/mol. The fourth-order valence-corrected chi connectivity index (χ4v) is 1.75. The quantitative estimate of drug-likeness (QED) is 0.874. The highest BCUT2D eigenvalue weighted by Crippen LogP contribution is 2.21. The average molecular weight is 290 g/mol. The van der Waals surface area contributed by atoms with Gasteiger partial charge in [-0.15, -0.1) is 0 Å². The first-order valence-corrected chi connectivity index (χ1v) is 7.19. The van der Waals surface area contributed by atoms with Gasteiger partial charge in [0.1, 0.15) is 6.61 Å². The number of rotatable bonds is 5. The largest absolute Gasteiger partial charge is 0.366 e. The summed E-state index contributed by atoms with van der Waals surface area (Å²) < 4.78 is 5.43. The molecule has 5 heteroatoms. The molecule has 21 heavy (non-hydrogen) atoms. The van der Waals surface area contributed by atoms with Crippen LogP contribution in [0.5, 0.6) is 0 Å². The molecular formula is C16H22N2O3. The lowest BCUT2D eigenvalue weighted by Crippen LogP contribution is -2.29. The van der Waals surface area contributed by atoms with Gasteiger partial charge in [0.05, 0.1) is 16.9 Å². The van der Waals surface area contributed by atoms with E-state index in [0.29, 0.717) is 11.3 Å². The van der Waals surface area contributed by atoms with Gasteiger partial charge in [-0.3, -0.25) is 9.59 Å². The number of nitrogens with one attached hydrogen (secondary N) is 2. The van der Waals surface area contributed by atoms with Crippen LogP contribution < -0.4 is 10.6 Å². The monoisotopic (exact) mass is 290 g/mol. The summed E-state index contributed by atoms with van der Waals surface area (Å²) in [4.78, 5) is 24.0. The van der Waals surface area contributed by atoms with Gasteiger partial charge in [-0.2, -0.15) is 0 Å². The van der Waals surface area contributed by atoms with E-state index in [1.807, 2.05) is 20.8 Å². The van der Waals surface area contributed by atoms with Crippen molar-refractivity contribution < 1.29 is 14.3 Å². The molecule has 0 atom stereocenters. The van der Waals surface area contributed by atoms with Crippen molar-refractivity contribution in [1.82, 2.24) is 5.32 Å². The lowest BCUT2D eigenvalue weighted by Gasteiger charge is -2.19. The van der Waals surface area contributed by atoms with Crippen LogP contribution in [0.3, 0.4) is 0 Å². The van der Waals surface area contributed by atoms with Crippen LogP contribution in [0, 0.1) is 0 Å². The molecule has 1 aliphatic carbocycles. The number of ether oxygens (including phenoxy) is 1. The second-order valence-corrected chi connectivity index (χ2v) is 6.24. The van der Waals surface area contributed by atoms with E-state index in [9.17, 15) is 9.59 Å². The SMILES string of the molecule is CC(C)(C)OCC(=O)Nc1ccccc1C(=O)NC1CC1. The van der Waals surface area contributed by atoms with Crippen LogP contribution in [0.4, 0.5) is 5.69 Å². The Balaban J connectivity index is 1.98. The third-order valence-electron chi connectivity index (χ3n) is 2.99. The molecular weight excluding hydrogens is 268 g/mol. The summed E-state index contributed by atoms with van der Waals surface area (Å²) in [5.74, 6) is -0.415. The molecule has 0 spiro atoms. The highest BCUT2D eigenvalue weighted by molar-refractivity contribution is 6.04. The second-order valence-electron chi connectivity index (χ2n) is 6.24. The summed E-state index contributed by atoms with van der Waals surface area (Å²) in [7, 11) is 0. The van der Waals surface area contributed by atoms with Crippen molar-refractivity contribution in [3.8, 4) is 0 Å². The molecule has 0 saturated heterocycles. The topological polar surface area (TPSA) is 67.4 Å². The van der Waals surface area contributed by atoms with Gasteiger partial charge < -0.3 is 15.4 Å². The van der Waals surface area contributed by atoms with Crippen molar-refractivity contribution in [2.75, 3.05) is 11.9 Å².